The third-order valence-electron chi connectivity index (χ3n) is 2.04. The van der Waals surface area contributed by atoms with Crippen molar-refractivity contribution in [2.45, 2.75) is 5.03 Å². The fourth-order valence-electron chi connectivity index (χ4n) is 1.37. The van der Waals surface area contributed by atoms with Crippen LogP contribution < -0.4 is 0 Å². The van der Waals surface area contributed by atoms with Crippen LogP contribution in [0.4, 0.5) is 0 Å². The first-order chi connectivity index (χ1) is 6.40. The molecule has 3 aliphatic heterocycles. The Labute approximate surface area is 79.1 Å². The molecule has 5 heteroatoms. The summed E-state index contributed by atoms with van der Waals surface area (Å²) in [5.74, 6) is 1.86. The van der Waals surface area contributed by atoms with Crippen LogP contribution in [0.25, 0.3) is 23.8 Å². The molecule has 13 heavy (non-hydrogen) atoms. The van der Waals surface area contributed by atoms with E-state index in [2.05, 4.69) is 15.0 Å². The maximum absolute atomic E-state index is 4.42. The van der Waals surface area contributed by atoms with Gasteiger partial charge in [0.2, 0.25) is 0 Å². The molecule has 4 nitrogen and oxygen atoms in total. The number of thioether (sulfide) groups is 1. The second-order valence-corrected chi connectivity index (χ2v) is 3.51. The topological polar surface area (TPSA) is 43.6 Å². The predicted molar refractivity (Wildman–Crippen MR) is 51.4 cm³/mol. The highest BCUT2D eigenvalue weighted by molar-refractivity contribution is 7.98. The van der Waals surface area contributed by atoms with E-state index in [-0.39, 0.29) is 0 Å². The summed E-state index contributed by atoms with van der Waals surface area (Å²) in [5, 5.41) is 0.947. The van der Waals surface area contributed by atoms with Crippen molar-refractivity contribution in [3.05, 3.63) is 12.2 Å². The van der Waals surface area contributed by atoms with E-state index in [4.69, 9.17) is 0 Å². The SMILES string of the molecule is CSc1nc2n(c3ncnc1-3)C=C2. The van der Waals surface area contributed by atoms with Gasteiger partial charge in [0.15, 0.2) is 5.82 Å². The Hall–Kier alpha value is -1.36. The molecule has 0 radical (unpaired) electrons. The molecule has 0 aromatic heterocycles. The molecule has 0 aliphatic carbocycles. The summed E-state index contributed by atoms with van der Waals surface area (Å²) in [6.45, 7) is 0. The minimum atomic E-state index is 0.889. The molecule has 0 aromatic rings. The summed E-state index contributed by atoms with van der Waals surface area (Å²) < 4.78 is 1.95. The van der Waals surface area contributed by atoms with Crippen molar-refractivity contribution in [2.24, 2.45) is 0 Å². The highest BCUT2D eigenvalue weighted by Gasteiger charge is 2.21. The first-order valence-electron chi connectivity index (χ1n) is 3.85. The van der Waals surface area contributed by atoms with Crippen molar-refractivity contribution in [2.75, 3.05) is 6.26 Å². The molecule has 0 unspecified atom stereocenters. The largest absolute Gasteiger partial charge is 0.284 e. The van der Waals surface area contributed by atoms with E-state index < -0.39 is 0 Å². The van der Waals surface area contributed by atoms with Crippen molar-refractivity contribution >= 4 is 24.0 Å². The predicted octanol–water partition coefficient (Wildman–Crippen LogP) is 1.44. The van der Waals surface area contributed by atoms with Crippen molar-refractivity contribution < 1.29 is 0 Å². The Morgan fingerprint density at radius 3 is 3.00 bits per heavy atom. The minimum Gasteiger partial charge on any atom is -0.284 e. The summed E-state index contributed by atoms with van der Waals surface area (Å²) in [4.78, 5) is 12.8. The Kier molecular flexibility index (Phi) is 1.26. The molecule has 64 valence electrons. The molecule has 0 spiro atoms. The molecule has 0 amide bonds. The standard InChI is InChI=1S/C8H6N4S/c1-13-8-6-7(10-4-9-6)12-3-2-5(12)11-8/h2-4H,1H3. The molecular weight excluding hydrogens is 184 g/mol. The molecule has 0 saturated heterocycles. The van der Waals surface area contributed by atoms with Gasteiger partial charge in [-0.1, -0.05) is 0 Å². The van der Waals surface area contributed by atoms with E-state index in [9.17, 15) is 0 Å². The number of imidazole rings is 1. The molecule has 3 aliphatic rings. The van der Waals surface area contributed by atoms with Crippen molar-refractivity contribution in [1.82, 2.24) is 19.5 Å². The molecule has 0 fully saturated rings. The van der Waals surface area contributed by atoms with E-state index in [1.807, 2.05) is 23.1 Å². The van der Waals surface area contributed by atoms with Crippen molar-refractivity contribution in [3.63, 3.8) is 0 Å². The van der Waals surface area contributed by atoms with Crippen LogP contribution in [-0.4, -0.2) is 25.8 Å². The van der Waals surface area contributed by atoms with Crippen LogP contribution in [-0.2, 0) is 0 Å². The summed E-state index contributed by atoms with van der Waals surface area (Å²) >= 11 is 1.60. The minimum absolute atomic E-state index is 0.889. The number of fused-ring (bicyclic) bond motifs is 3. The lowest BCUT2D eigenvalue weighted by Crippen LogP contribution is -2.11. The third kappa shape index (κ3) is 0.793. The summed E-state index contributed by atoms with van der Waals surface area (Å²) in [7, 11) is 0. The van der Waals surface area contributed by atoms with E-state index in [0.29, 0.717) is 0 Å². The van der Waals surface area contributed by atoms with Crippen LogP contribution >= 0.6 is 11.8 Å². The van der Waals surface area contributed by atoms with Crippen LogP contribution in [0.2, 0.25) is 0 Å². The van der Waals surface area contributed by atoms with Crippen LogP contribution in [0.1, 0.15) is 5.82 Å². The number of hydrogen-bond donors (Lipinski definition) is 0. The van der Waals surface area contributed by atoms with Gasteiger partial charge in [0.1, 0.15) is 22.9 Å². The van der Waals surface area contributed by atoms with Gasteiger partial charge in [0.25, 0.3) is 0 Å². The zero-order valence-corrected chi connectivity index (χ0v) is 7.75. The first-order valence-corrected chi connectivity index (χ1v) is 5.08. The second kappa shape index (κ2) is 2.32. The summed E-state index contributed by atoms with van der Waals surface area (Å²) in [6.07, 6.45) is 7.48. The van der Waals surface area contributed by atoms with Gasteiger partial charge in [-0.15, -0.1) is 11.8 Å². The average molecular weight is 190 g/mol. The average Bonchev–Trinajstić information content (AvgIpc) is 2.53. The molecule has 0 N–H and O–H groups in total. The lowest BCUT2D eigenvalue weighted by molar-refractivity contribution is 0.906. The Balaban J connectivity index is 2.38. The van der Waals surface area contributed by atoms with E-state index in [0.717, 1.165) is 22.4 Å². The number of hydrogen-bond acceptors (Lipinski definition) is 4. The summed E-state index contributed by atoms with van der Waals surface area (Å²) in [6, 6.07) is 0. The smallest absolute Gasteiger partial charge is 0.168 e. The molecule has 3 rings (SSSR count). The monoisotopic (exact) mass is 190 g/mol. The van der Waals surface area contributed by atoms with E-state index >= 15 is 0 Å². The highest BCUT2D eigenvalue weighted by atomic mass is 32.2. The van der Waals surface area contributed by atoms with Gasteiger partial charge < -0.3 is 0 Å². The highest BCUT2D eigenvalue weighted by Crippen LogP contribution is 2.31. The molecule has 0 aromatic carbocycles. The van der Waals surface area contributed by atoms with Crippen molar-refractivity contribution in [3.8, 4) is 11.5 Å². The quantitative estimate of drug-likeness (QED) is 0.430. The van der Waals surface area contributed by atoms with E-state index in [1.165, 1.54) is 0 Å². The Morgan fingerprint density at radius 2 is 2.31 bits per heavy atom. The molecule has 0 saturated carbocycles. The van der Waals surface area contributed by atoms with Crippen LogP contribution in [0.15, 0.2) is 11.4 Å². The maximum Gasteiger partial charge on any atom is 0.168 e. The lowest BCUT2D eigenvalue weighted by Gasteiger charge is -2.17. The zero-order valence-electron chi connectivity index (χ0n) is 6.93. The Bertz CT molecular complexity index is 473. The van der Waals surface area contributed by atoms with Crippen LogP contribution in [0.5, 0.6) is 0 Å². The second-order valence-electron chi connectivity index (χ2n) is 2.71. The number of aromatic nitrogens is 4. The van der Waals surface area contributed by atoms with Gasteiger partial charge in [-0.25, -0.2) is 15.0 Å². The third-order valence-corrected chi connectivity index (χ3v) is 2.71. The van der Waals surface area contributed by atoms with Crippen LogP contribution in [0.3, 0.4) is 0 Å². The number of nitrogens with zero attached hydrogens (tertiary/aromatic N) is 4. The van der Waals surface area contributed by atoms with Crippen molar-refractivity contribution in [1.29, 1.82) is 0 Å². The molecule has 3 heterocycles. The first kappa shape index (κ1) is 7.08. The molecule has 0 bridgehead atoms. The van der Waals surface area contributed by atoms with Gasteiger partial charge >= 0.3 is 0 Å². The zero-order chi connectivity index (χ0) is 8.84. The van der Waals surface area contributed by atoms with Gasteiger partial charge in [0.05, 0.1) is 0 Å². The lowest BCUT2D eigenvalue weighted by atomic mass is 10.3. The normalized spacial score (nSPS) is 13.0. The summed E-state index contributed by atoms with van der Waals surface area (Å²) in [5.41, 5.74) is 0.889. The Morgan fingerprint density at radius 1 is 1.38 bits per heavy atom. The van der Waals surface area contributed by atoms with Gasteiger partial charge in [-0.05, 0) is 12.3 Å². The molecule has 0 atom stereocenters. The van der Waals surface area contributed by atoms with Crippen LogP contribution in [0, 0.1) is 0 Å². The van der Waals surface area contributed by atoms with E-state index in [1.54, 1.807) is 18.1 Å². The van der Waals surface area contributed by atoms with Gasteiger partial charge in [-0.2, -0.15) is 0 Å². The number of rotatable bonds is 1. The maximum atomic E-state index is 4.42. The fourth-order valence-corrected chi connectivity index (χ4v) is 1.89. The van der Waals surface area contributed by atoms with Gasteiger partial charge in [-0.3, -0.25) is 4.57 Å². The fraction of sp³-hybridized carbons (Fsp3) is 0.125. The van der Waals surface area contributed by atoms with Gasteiger partial charge in [0, 0.05) is 6.20 Å². The molecular formula is C8H6N4S.